The number of nitrogens with zero attached hydrogens (tertiary/aromatic N) is 3. The van der Waals surface area contributed by atoms with Crippen LogP contribution in [-0.4, -0.2) is 119 Å². The minimum Gasteiger partial charge on any atom is -0.399 e. The average Bonchev–Trinajstić information content (AvgIpc) is 3.55. The number of likely N-dealkylation sites (tertiary alicyclic amines) is 1. The zero-order valence-corrected chi connectivity index (χ0v) is 34.2. The highest BCUT2D eigenvalue weighted by Crippen LogP contribution is 2.31. The Morgan fingerprint density at radius 3 is 2.02 bits per heavy atom. The molecule has 1 heterocycles. The van der Waals surface area contributed by atoms with Crippen LogP contribution in [0, 0.1) is 29.6 Å². The predicted molar refractivity (Wildman–Crippen MR) is 203 cm³/mol. The zero-order valence-electron chi connectivity index (χ0n) is 33.4. The summed E-state index contributed by atoms with van der Waals surface area (Å²) < 4.78 is 39.8. The maximum atomic E-state index is 14.2. The van der Waals surface area contributed by atoms with Gasteiger partial charge in [-0.3, -0.25) is 24.1 Å². The number of likely N-dealkylation sites (N-methyl/N-ethyl adjacent to an activating group) is 2. The van der Waals surface area contributed by atoms with E-state index in [1.54, 1.807) is 23.8 Å². The SMILES string of the molecule is CC[C@H](C)[C@@H]([C@@H](CC(=O)N1CCC[C@H]1[C@H](OC)[C@@H](C)C(=O)NS(=O)(=O)c1ccc(N)cc1)OC)N(C)C(=O)C(CC(=O)[C@H](C(C)C)N(C)C)C(C)C. The van der Waals surface area contributed by atoms with Crippen LogP contribution < -0.4 is 10.5 Å². The van der Waals surface area contributed by atoms with Crippen molar-refractivity contribution in [3.8, 4) is 0 Å². The topological polar surface area (TPSA) is 169 Å². The number of ketones is 1. The molecule has 1 unspecified atom stereocenters. The van der Waals surface area contributed by atoms with Crippen molar-refractivity contribution in [2.45, 2.75) is 116 Å². The lowest BCUT2D eigenvalue weighted by atomic mass is 9.83. The van der Waals surface area contributed by atoms with Gasteiger partial charge in [0.2, 0.25) is 17.7 Å². The number of hydrogen-bond donors (Lipinski definition) is 2. The molecule has 0 aromatic heterocycles. The van der Waals surface area contributed by atoms with Crippen molar-refractivity contribution in [2.24, 2.45) is 29.6 Å². The predicted octanol–water partition coefficient (Wildman–Crippen LogP) is 3.81. The molecule has 3 amide bonds. The summed E-state index contributed by atoms with van der Waals surface area (Å²) in [7, 11) is 4.31. The lowest BCUT2D eigenvalue weighted by Gasteiger charge is -2.41. The summed E-state index contributed by atoms with van der Waals surface area (Å²) in [5, 5.41) is 0. The highest BCUT2D eigenvalue weighted by atomic mass is 32.2. The van der Waals surface area contributed by atoms with E-state index in [0.29, 0.717) is 25.1 Å². The largest absolute Gasteiger partial charge is 0.399 e. The zero-order chi connectivity index (χ0) is 39.7. The number of rotatable bonds is 20. The van der Waals surface area contributed by atoms with Crippen LogP contribution in [0.3, 0.4) is 0 Å². The van der Waals surface area contributed by atoms with E-state index in [4.69, 9.17) is 15.2 Å². The van der Waals surface area contributed by atoms with Crippen molar-refractivity contribution < 1.29 is 37.1 Å². The summed E-state index contributed by atoms with van der Waals surface area (Å²) in [6, 6.07) is 4.26. The van der Waals surface area contributed by atoms with Gasteiger partial charge >= 0.3 is 0 Å². The Morgan fingerprint density at radius 2 is 1.54 bits per heavy atom. The Labute approximate surface area is 312 Å². The van der Waals surface area contributed by atoms with Crippen LogP contribution in [0.2, 0.25) is 0 Å². The fourth-order valence-corrected chi connectivity index (χ4v) is 8.76. The van der Waals surface area contributed by atoms with Crippen molar-refractivity contribution in [2.75, 3.05) is 47.6 Å². The summed E-state index contributed by atoms with van der Waals surface area (Å²) in [6.07, 6.45) is 0.611. The molecular weight excluding hydrogens is 687 g/mol. The first-order valence-corrected chi connectivity index (χ1v) is 19.9. The molecule has 1 aliphatic heterocycles. The molecule has 2 rings (SSSR count). The summed E-state index contributed by atoms with van der Waals surface area (Å²) in [5.74, 6) is -2.59. The molecule has 3 N–H and O–H groups in total. The van der Waals surface area contributed by atoms with E-state index in [1.807, 2.05) is 60.5 Å². The number of carbonyl (C=O) groups excluding carboxylic acids is 4. The van der Waals surface area contributed by atoms with E-state index in [-0.39, 0.29) is 59.1 Å². The van der Waals surface area contributed by atoms with E-state index in [1.165, 1.54) is 38.5 Å². The lowest BCUT2D eigenvalue weighted by Crippen LogP contribution is -2.54. The van der Waals surface area contributed by atoms with Crippen molar-refractivity contribution >= 4 is 39.2 Å². The Bertz CT molecular complexity index is 1440. The highest BCUT2D eigenvalue weighted by Gasteiger charge is 2.43. The molecule has 1 aromatic rings. The van der Waals surface area contributed by atoms with E-state index in [9.17, 15) is 27.6 Å². The minimum absolute atomic E-state index is 0.0243. The van der Waals surface area contributed by atoms with Crippen LogP contribution in [0.5, 0.6) is 0 Å². The van der Waals surface area contributed by atoms with Gasteiger partial charge in [-0.25, -0.2) is 13.1 Å². The van der Waals surface area contributed by atoms with Crippen molar-refractivity contribution in [1.29, 1.82) is 0 Å². The lowest BCUT2D eigenvalue weighted by molar-refractivity contribution is -0.149. The van der Waals surface area contributed by atoms with Gasteiger partial charge < -0.3 is 25.0 Å². The average molecular weight is 752 g/mol. The van der Waals surface area contributed by atoms with Crippen LogP contribution in [0.1, 0.15) is 80.6 Å². The van der Waals surface area contributed by atoms with Crippen molar-refractivity contribution in [3.05, 3.63) is 24.3 Å². The monoisotopic (exact) mass is 751 g/mol. The van der Waals surface area contributed by atoms with Crippen molar-refractivity contribution in [3.63, 3.8) is 0 Å². The van der Waals surface area contributed by atoms with Gasteiger partial charge in [0.25, 0.3) is 10.0 Å². The normalized spacial score (nSPS) is 19.2. The van der Waals surface area contributed by atoms with Crippen LogP contribution in [0.25, 0.3) is 0 Å². The minimum atomic E-state index is -4.16. The number of nitrogen functional groups attached to an aromatic ring is 1. The quantitative estimate of drug-likeness (QED) is 0.187. The van der Waals surface area contributed by atoms with E-state index >= 15 is 0 Å². The van der Waals surface area contributed by atoms with Gasteiger partial charge in [-0.05, 0) is 69.0 Å². The number of hydrogen-bond acceptors (Lipinski definition) is 10. The van der Waals surface area contributed by atoms with Gasteiger partial charge in [-0.15, -0.1) is 0 Å². The maximum Gasteiger partial charge on any atom is 0.264 e. The maximum absolute atomic E-state index is 14.2. The molecule has 296 valence electrons. The fourth-order valence-electron chi connectivity index (χ4n) is 7.70. The molecule has 0 bridgehead atoms. The highest BCUT2D eigenvalue weighted by molar-refractivity contribution is 7.90. The summed E-state index contributed by atoms with van der Waals surface area (Å²) in [6.45, 7) is 14.0. The van der Waals surface area contributed by atoms with Crippen LogP contribution >= 0.6 is 0 Å². The van der Waals surface area contributed by atoms with E-state index < -0.39 is 52.1 Å². The molecule has 1 aromatic carbocycles. The van der Waals surface area contributed by atoms with Gasteiger partial charge in [-0.2, -0.15) is 0 Å². The van der Waals surface area contributed by atoms with E-state index in [2.05, 4.69) is 4.72 Å². The van der Waals surface area contributed by atoms with Gasteiger partial charge in [0.1, 0.15) is 0 Å². The number of carbonyl (C=O) groups is 4. The molecule has 52 heavy (non-hydrogen) atoms. The Balaban J connectivity index is 2.29. The number of amides is 3. The molecule has 0 aliphatic carbocycles. The standard InChI is InChI=1S/C38H65N5O8S/c1-13-25(6)35(42(10)38(47)29(23(2)3)21-31(44)34(24(4)5)41(8)9)32(50-11)22-33(45)43-20-14-15-30(43)36(51-12)26(7)37(46)40-52(48,49)28-18-16-27(39)17-19-28/h16-19,23-26,29-30,32,34-36H,13-15,20-22,39H2,1-12H3,(H,40,46)/t25-,26+,29?,30-,32+,34-,35-,36+/m0/s1. The van der Waals surface area contributed by atoms with Crippen molar-refractivity contribution in [1.82, 2.24) is 19.4 Å². The van der Waals surface area contributed by atoms with Crippen LogP contribution in [0.15, 0.2) is 29.2 Å². The van der Waals surface area contributed by atoms with E-state index in [0.717, 1.165) is 6.42 Å². The number of methoxy groups -OCH3 is 2. The first-order chi connectivity index (χ1) is 24.2. The number of nitrogens with two attached hydrogens (primary N) is 1. The number of anilines is 1. The number of nitrogens with one attached hydrogen (secondary N) is 1. The Kier molecular flexibility index (Phi) is 17.2. The molecule has 13 nitrogen and oxygen atoms in total. The van der Waals surface area contributed by atoms with Gasteiger partial charge in [0, 0.05) is 45.8 Å². The molecule has 1 fully saturated rings. The third-order valence-corrected chi connectivity index (χ3v) is 12.1. The third-order valence-electron chi connectivity index (χ3n) is 10.7. The Hall–Kier alpha value is -3.07. The molecule has 1 saturated heterocycles. The van der Waals surface area contributed by atoms with Gasteiger partial charge in [-0.1, -0.05) is 54.9 Å². The summed E-state index contributed by atoms with van der Waals surface area (Å²) in [5.41, 5.74) is 6.07. The molecule has 14 heteroatoms. The third kappa shape index (κ3) is 11.2. The molecule has 8 atom stereocenters. The number of benzene rings is 1. The summed E-state index contributed by atoms with van der Waals surface area (Å²) in [4.78, 5) is 60.3. The molecule has 1 aliphatic rings. The second-order valence-electron chi connectivity index (χ2n) is 15.3. The smallest absolute Gasteiger partial charge is 0.264 e. The van der Waals surface area contributed by atoms with Gasteiger partial charge in [0.05, 0.1) is 47.6 Å². The number of Topliss-reactive ketones (excluding diaryl/α,β-unsaturated/α-hetero) is 1. The number of sulfonamides is 1. The number of ether oxygens (including phenoxy) is 2. The first kappa shape index (κ1) is 45.1. The molecular formula is C38H65N5O8S. The molecule has 0 radical (unpaired) electrons. The first-order valence-electron chi connectivity index (χ1n) is 18.5. The molecule has 0 spiro atoms. The molecule has 0 saturated carbocycles. The van der Waals surface area contributed by atoms with Gasteiger partial charge in [0.15, 0.2) is 5.78 Å². The Morgan fingerprint density at radius 1 is 0.942 bits per heavy atom. The van der Waals surface area contributed by atoms with Crippen LogP contribution in [-0.2, 0) is 38.7 Å². The fraction of sp³-hybridized carbons (Fsp3) is 0.737. The second kappa shape index (κ2) is 19.8. The summed E-state index contributed by atoms with van der Waals surface area (Å²) >= 11 is 0. The van der Waals surface area contributed by atoms with Crippen LogP contribution in [0.4, 0.5) is 5.69 Å². The second-order valence-corrected chi connectivity index (χ2v) is 17.0.